The Labute approximate surface area is 189 Å². The number of hydrogen-bond donors (Lipinski definition) is 1. The summed E-state index contributed by atoms with van der Waals surface area (Å²) in [5.41, 5.74) is 5.23. The third kappa shape index (κ3) is 4.05. The van der Waals surface area contributed by atoms with E-state index >= 15 is 0 Å². The summed E-state index contributed by atoms with van der Waals surface area (Å²) >= 11 is 1.50. The largest absolute Gasteiger partial charge is 0.383 e. The summed E-state index contributed by atoms with van der Waals surface area (Å²) in [4.78, 5) is 8.89. The second-order valence-corrected chi connectivity index (χ2v) is 8.81. The maximum absolute atomic E-state index is 14.8. The van der Waals surface area contributed by atoms with E-state index in [-0.39, 0.29) is 5.82 Å². The monoisotopic (exact) mass is 452 g/mol. The van der Waals surface area contributed by atoms with E-state index in [9.17, 15) is 4.39 Å². The van der Waals surface area contributed by atoms with Crippen LogP contribution < -0.4 is 5.32 Å². The van der Waals surface area contributed by atoms with Gasteiger partial charge in [-0.2, -0.15) is 5.10 Å². The SMILES string of the molecule is COCCn1nc2c(c1Nc1nc(-c3ccc(-n4cnc(C)c4)c(F)c3)cs1)CCCC2. The minimum absolute atomic E-state index is 0.311. The van der Waals surface area contributed by atoms with Crippen LogP contribution in [0.1, 0.15) is 29.8 Å². The molecule has 9 heteroatoms. The molecular weight excluding hydrogens is 427 g/mol. The number of thiazole rings is 1. The Morgan fingerprint density at radius 2 is 2.12 bits per heavy atom. The molecule has 0 bridgehead atoms. The molecule has 0 saturated carbocycles. The van der Waals surface area contributed by atoms with Crippen LogP contribution in [0.2, 0.25) is 0 Å². The minimum Gasteiger partial charge on any atom is -0.383 e. The van der Waals surface area contributed by atoms with Crippen LogP contribution in [0.5, 0.6) is 0 Å². The Hall–Kier alpha value is -3.04. The van der Waals surface area contributed by atoms with Crippen molar-refractivity contribution in [3.8, 4) is 16.9 Å². The van der Waals surface area contributed by atoms with Gasteiger partial charge in [0.1, 0.15) is 11.6 Å². The third-order valence-corrected chi connectivity index (χ3v) is 6.45. The van der Waals surface area contributed by atoms with Crippen molar-refractivity contribution >= 4 is 22.3 Å². The van der Waals surface area contributed by atoms with E-state index in [1.165, 1.54) is 41.5 Å². The number of nitrogens with one attached hydrogen (secondary N) is 1. The number of imidazole rings is 1. The Kier molecular flexibility index (Phi) is 5.75. The predicted molar refractivity (Wildman–Crippen MR) is 123 cm³/mol. The van der Waals surface area contributed by atoms with Crippen molar-refractivity contribution in [1.29, 1.82) is 0 Å². The minimum atomic E-state index is -0.311. The van der Waals surface area contributed by atoms with Crippen LogP contribution in [0.25, 0.3) is 16.9 Å². The number of aromatic nitrogens is 5. The molecule has 0 unspecified atom stereocenters. The standard InChI is InChI=1S/C23H25FN6OS/c1-15-12-29(14-25-15)21-8-7-16(11-18(21)24)20-13-32-23(26-20)27-22-17-5-3-4-6-19(17)28-30(22)9-10-31-2/h7-8,11-14H,3-6,9-10H2,1-2H3,(H,26,27). The highest BCUT2D eigenvalue weighted by molar-refractivity contribution is 7.14. The van der Waals surface area contributed by atoms with Gasteiger partial charge < -0.3 is 14.6 Å². The van der Waals surface area contributed by atoms with Gasteiger partial charge in [0, 0.05) is 29.8 Å². The number of aryl methyl sites for hydroxylation is 2. The molecule has 0 saturated heterocycles. The van der Waals surface area contributed by atoms with Gasteiger partial charge in [-0.15, -0.1) is 11.3 Å². The summed E-state index contributed by atoms with van der Waals surface area (Å²) in [6.45, 7) is 3.16. The summed E-state index contributed by atoms with van der Waals surface area (Å²) < 4.78 is 23.7. The van der Waals surface area contributed by atoms with Gasteiger partial charge in [-0.1, -0.05) is 6.07 Å². The number of rotatable bonds is 7. The van der Waals surface area contributed by atoms with E-state index in [0.29, 0.717) is 18.8 Å². The topological polar surface area (TPSA) is 69.8 Å². The van der Waals surface area contributed by atoms with Gasteiger partial charge in [0.25, 0.3) is 0 Å². The highest BCUT2D eigenvalue weighted by Crippen LogP contribution is 2.33. The summed E-state index contributed by atoms with van der Waals surface area (Å²) in [6.07, 6.45) is 7.79. The molecule has 3 heterocycles. The first-order valence-electron chi connectivity index (χ1n) is 10.7. The Balaban J connectivity index is 1.40. The molecule has 1 aliphatic carbocycles. The van der Waals surface area contributed by atoms with Gasteiger partial charge >= 0.3 is 0 Å². The Bertz CT molecular complexity index is 1240. The molecular formula is C23H25FN6OS. The zero-order valence-corrected chi connectivity index (χ0v) is 19.0. The van der Waals surface area contributed by atoms with Crippen molar-refractivity contribution in [3.05, 3.63) is 58.9 Å². The average Bonchev–Trinajstić information content (AvgIpc) is 3.52. The zero-order valence-electron chi connectivity index (χ0n) is 18.1. The molecule has 7 nitrogen and oxygen atoms in total. The van der Waals surface area contributed by atoms with Crippen LogP contribution in [0.15, 0.2) is 36.1 Å². The molecule has 0 radical (unpaired) electrons. The van der Waals surface area contributed by atoms with Gasteiger partial charge in [0.05, 0.1) is 42.2 Å². The van der Waals surface area contributed by atoms with Crippen molar-refractivity contribution in [2.45, 2.75) is 39.2 Å². The molecule has 1 aliphatic rings. The molecule has 0 fully saturated rings. The molecule has 1 N–H and O–H groups in total. The highest BCUT2D eigenvalue weighted by Gasteiger charge is 2.21. The number of halogens is 1. The van der Waals surface area contributed by atoms with Crippen LogP contribution in [0.4, 0.5) is 15.3 Å². The molecule has 1 aromatic carbocycles. The second-order valence-electron chi connectivity index (χ2n) is 7.95. The number of benzene rings is 1. The van der Waals surface area contributed by atoms with Crippen LogP contribution in [-0.2, 0) is 24.1 Å². The summed E-state index contributed by atoms with van der Waals surface area (Å²) in [5.74, 6) is 0.684. The summed E-state index contributed by atoms with van der Waals surface area (Å²) in [7, 11) is 1.70. The number of ether oxygens (including phenoxy) is 1. The number of nitrogens with zero attached hydrogens (tertiary/aromatic N) is 5. The average molecular weight is 453 g/mol. The van der Waals surface area contributed by atoms with Gasteiger partial charge in [0.15, 0.2) is 5.13 Å². The van der Waals surface area contributed by atoms with Crippen LogP contribution >= 0.6 is 11.3 Å². The molecule has 4 aromatic rings. The van der Waals surface area contributed by atoms with Crippen LogP contribution in [-0.4, -0.2) is 38.0 Å². The smallest absolute Gasteiger partial charge is 0.188 e. The number of methoxy groups -OCH3 is 1. The van der Waals surface area contributed by atoms with Gasteiger partial charge in [-0.05, 0) is 44.7 Å². The third-order valence-electron chi connectivity index (χ3n) is 5.69. The van der Waals surface area contributed by atoms with Gasteiger partial charge in [-0.25, -0.2) is 19.0 Å². The maximum Gasteiger partial charge on any atom is 0.188 e. The predicted octanol–water partition coefficient (Wildman–Crippen LogP) is 4.91. The van der Waals surface area contributed by atoms with E-state index in [4.69, 9.17) is 14.8 Å². The first kappa shape index (κ1) is 20.8. The molecule has 3 aromatic heterocycles. The first-order chi connectivity index (χ1) is 15.6. The lowest BCUT2D eigenvalue weighted by molar-refractivity contribution is 0.184. The van der Waals surface area contributed by atoms with Crippen LogP contribution in [0, 0.1) is 12.7 Å². The fraction of sp³-hybridized carbons (Fsp3) is 0.348. The van der Waals surface area contributed by atoms with E-state index in [2.05, 4.69) is 10.3 Å². The Morgan fingerprint density at radius 3 is 2.91 bits per heavy atom. The number of fused-ring (bicyclic) bond motifs is 1. The van der Waals surface area contributed by atoms with E-state index in [1.807, 2.05) is 23.1 Å². The lowest BCUT2D eigenvalue weighted by Crippen LogP contribution is -2.09. The number of hydrogen-bond acceptors (Lipinski definition) is 6. The zero-order chi connectivity index (χ0) is 22.1. The molecule has 0 atom stereocenters. The molecule has 5 rings (SSSR count). The van der Waals surface area contributed by atoms with E-state index in [0.717, 1.165) is 40.7 Å². The lowest BCUT2D eigenvalue weighted by atomic mass is 9.97. The van der Waals surface area contributed by atoms with Crippen molar-refractivity contribution in [2.75, 3.05) is 19.0 Å². The van der Waals surface area contributed by atoms with Crippen molar-refractivity contribution in [3.63, 3.8) is 0 Å². The molecule has 0 amide bonds. The van der Waals surface area contributed by atoms with Gasteiger partial charge in [-0.3, -0.25) is 0 Å². The molecule has 0 aliphatic heterocycles. The maximum atomic E-state index is 14.8. The number of anilines is 2. The molecule has 32 heavy (non-hydrogen) atoms. The fourth-order valence-corrected chi connectivity index (χ4v) is 4.80. The van der Waals surface area contributed by atoms with E-state index < -0.39 is 0 Å². The molecule has 0 spiro atoms. The Morgan fingerprint density at radius 1 is 1.25 bits per heavy atom. The summed E-state index contributed by atoms with van der Waals surface area (Å²) in [5, 5.41) is 11.0. The quantitative estimate of drug-likeness (QED) is 0.432. The first-order valence-corrected chi connectivity index (χ1v) is 11.6. The highest BCUT2D eigenvalue weighted by atomic mass is 32.1. The van der Waals surface area contributed by atoms with E-state index in [1.54, 1.807) is 30.3 Å². The van der Waals surface area contributed by atoms with Crippen LogP contribution in [0.3, 0.4) is 0 Å². The molecule has 166 valence electrons. The lowest BCUT2D eigenvalue weighted by Gasteiger charge is -2.12. The normalized spacial score (nSPS) is 13.3. The second kappa shape index (κ2) is 8.84. The van der Waals surface area contributed by atoms with Gasteiger partial charge in [0.2, 0.25) is 0 Å². The summed E-state index contributed by atoms with van der Waals surface area (Å²) in [6, 6.07) is 5.17. The van der Waals surface area contributed by atoms with Crippen molar-refractivity contribution < 1.29 is 9.13 Å². The van der Waals surface area contributed by atoms with Crippen molar-refractivity contribution in [1.82, 2.24) is 24.3 Å². The fourth-order valence-electron chi connectivity index (χ4n) is 4.08. The van der Waals surface area contributed by atoms with Crippen molar-refractivity contribution in [2.24, 2.45) is 0 Å².